The van der Waals surface area contributed by atoms with Crippen LogP contribution >= 0.6 is 11.8 Å². The Balaban J connectivity index is 1.96. The molecule has 0 unspecified atom stereocenters. The Kier molecular flexibility index (Phi) is 1.84. The van der Waals surface area contributed by atoms with Gasteiger partial charge in [-0.25, -0.2) is 4.98 Å². The molecule has 0 saturated carbocycles. The first kappa shape index (κ1) is 9.53. The summed E-state index contributed by atoms with van der Waals surface area (Å²) < 4.78 is 16.1. The Morgan fingerprint density at radius 3 is 2.90 bits per heavy atom. The summed E-state index contributed by atoms with van der Waals surface area (Å²) in [7, 11) is 0. The standard InChI is InChI=1S/C18H10N2S/c1-2-6-14-12(4-1)10-13-17-16-11(8-9-19-17)5-3-7-15(16)21-18(13)20-14/h1-10H/i8D,9D. The highest BCUT2D eigenvalue weighted by Gasteiger charge is 2.21. The molecule has 3 heteroatoms. The minimum atomic E-state index is 0.00987. The van der Waals surface area contributed by atoms with Gasteiger partial charge in [-0.05, 0) is 29.6 Å². The van der Waals surface area contributed by atoms with E-state index in [2.05, 4.69) is 11.1 Å². The largest absolute Gasteiger partial charge is 0.255 e. The Morgan fingerprint density at radius 2 is 1.90 bits per heavy atom. The van der Waals surface area contributed by atoms with E-state index in [-0.39, 0.29) is 12.2 Å². The monoisotopic (exact) mass is 288 g/mol. The highest BCUT2D eigenvalue weighted by atomic mass is 32.2. The van der Waals surface area contributed by atoms with E-state index in [4.69, 9.17) is 7.73 Å². The lowest BCUT2D eigenvalue weighted by atomic mass is 10.0. The smallest absolute Gasteiger partial charge is 0.111 e. The molecule has 0 atom stereocenters. The second kappa shape index (κ2) is 4.06. The van der Waals surface area contributed by atoms with Gasteiger partial charge in [0, 0.05) is 27.4 Å². The molecule has 0 amide bonds. The quantitative estimate of drug-likeness (QED) is 0.405. The van der Waals surface area contributed by atoms with Crippen LogP contribution in [0.15, 0.2) is 70.7 Å². The van der Waals surface area contributed by atoms with Crippen molar-refractivity contribution in [3.8, 4) is 11.3 Å². The molecule has 3 heterocycles. The van der Waals surface area contributed by atoms with Crippen LogP contribution in [0, 0.1) is 0 Å². The lowest BCUT2D eigenvalue weighted by molar-refractivity contribution is 1.16. The summed E-state index contributed by atoms with van der Waals surface area (Å²) in [6.07, 6.45) is 0.00987. The van der Waals surface area contributed by atoms with E-state index in [9.17, 15) is 0 Å². The maximum absolute atomic E-state index is 8.12. The lowest BCUT2D eigenvalue weighted by Crippen LogP contribution is -1.97. The van der Waals surface area contributed by atoms with E-state index in [1.165, 1.54) is 0 Å². The number of benzene rings is 2. The van der Waals surface area contributed by atoms with Gasteiger partial charge in [-0.15, -0.1) is 0 Å². The number of aromatic nitrogens is 2. The number of para-hydroxylation sites is 1. The van der Waals surface area contributed by atoms with E-state index in [0.29, 0.717) is 0 Å². The highest BCUT2D eigenvalue weighted by Crippen LogP contribution is 2.46. The van der Waals surface area contributed by atoms with Crippen molar-refractivity contribution in [2.45, 2.75) is 9.92 Å². The van der Waals surface area contributed by atoms with Gasteiger partial charge in [0.05, 0.1) is 14.0 Å². The SMILES string of the molecule is [2H]c1nc2c3c(cccc3c1[2H])Sc1nc3ccccc3cc1-2. The van der Waals surface area contributed by atoms with Crippen molar-refractivity contribution in [3.63, 3.8) is 0 Å². The number of rotatable bonds is 0. The summed E-state index contributed by atoms with van der Waals surface area (Å²) in [5.74, 6) is 0. The van der Waals surface area contributed by atoms with Crippen LogP contribution in [0.25, 0.3) is 32.9 Å². The topological polar surface area (TPSA) is 25.8 Å². The zero-order valence-corrected chi connectivity index (χ0v) is 11.7. The maximum atomic E-state index is 8.12. The number of pyridine rings is 2. The number of hydrogen-bond donors (Lipinski definition) is 0. The molecule has 0 radical (unpaired) electrons. The van der Waals surface area contributed by atoms with Crippen LogP contribution in [0.3, 0.4) is 0 Å². The third-order valence-corrected chi connectivity index (χ3v) is 4.84. The van der Waals surface area contributed by atoms with Crippen molar-refractivity contribution in [2.24, 2.45) is 0 Å². The molecule has 0 saturated heterocycles. The molecule has 98 valence electrons. The molecule has 2 aromatic heterocycles. The van der Waals surface area contributed by atoms with Crippen LogP contribution < -0.4 is 0 Å². The van der Waals surface area contributed by atoms with Crippen molar-refractivity contribution in [3.05, 3.63) is 60.7 Å². The molecule has 2 aromatic carbocycles. The minimum absolute atomic E-state index is 0.00987. The zero-order chi connectivity index (χ0) is 15.6. The van der Waals surface area contributed by atoms with Crippen molar-refractivity contribution >= 4 is 33.4 Å². The summed E-state index contributed by atoms with van der Waals surface area (Å²) in [6, 6.07) is 16.1. The minimum Gasteiger partial charge on any atom is -0.255 e. The average Bonchev–Trinajstić information content (AvgIpc) is 2.57. The third-order valence-electron chi connectivity index (χ3n) is 3.77. The van der Waals surface area contributed by atoms with Crippen LogP contribution in [0.1, 0.15) is 2.74 Å². The van der Waals surface area contributed by atoms with E-state index in [0.717, 1.165) is 42.9 Å². The molecule has 0 aliphatic carbocycles. The summed E-state index contributed by atoms with van der Waals surface area (Å²) >= 11 is 1.61. The van der Waals surface area contributed by atoms with Crippen molar-refractivity contribution < 1.29 is 2.74 Å². The molecular formula is C18H10N2S. The van der Waals surface area contributed by atoms with Crippen LogP contribution in [-0.4, -0.2) is 9.97 Å². The summed E-state index contributed by atoms with van der Waals surface area (Å²) in [5, 5.41) is 3.71. The molecular weight excluding hydrogens is 276 g/mol. The van der Waals surface area contributed by atoms with Gasteiger partial charge in [0.25, 0.3) is 0 Å². The Hall–Kier alpha value is -2.39. The van der Waals surface area contributed by atoms with E-state index >= 15 is 0 Å². The molecule has 4 aromatic rings. The second-order valence-electron chi connectivity index (χ2n) is 5.01. The molecule has 0 N–H and O–H groups in total. The van der Waals surface area contributed by atoms with Crippen LogP contribution in [0.2, 0.25) is 0 Å². The van der Waals surface area contributed by atoms with Crippen molar-refractivity contribution in [2.75, 3.05) is 0 Å². The molecule has 21 heavy (non-hydrogen) atoms. The van der Waals surface area contributed by atoms with E-state index in [1.54, 1.807) is 11.8 Å². The second-order valence-corrected chi connectivity index (χ2v) is 6.04. The van der Waals surface area contributed by atoms with E-state index in [1.807, 2.05) is 42.5 Å². The highest BCUT2D eigenvalue weighted by molar-refractivity contribution is 7.99. The fraction of sp³-hybridized carbons (Fsp3) is 0. The van der Waals surface area contributed by atoms with Gasteiger partial charge < -0.3 is 0 Å². The maximum Gasteiger partial charge on any atom is 0.111 e. The molecule has 0 spiro atoms. The predicted molar refractivity (Wildman–Crippen MR) is 86.6 cm³/mol. The van der Waals surface area contributed by atoms with Crippen LogP contribution in [0.4, 0.5) is 0 Å². The first-order chi connectivity index (χ1) is 11.2. The van der Waals surface area contributed by atoms with Crippen LogP contribution in [-0.2, 0) is 0 Å². The fourth-order valence-corrected chi connectivity index (χ4v) is 3.88. The van der Waals surface area contributed by atoms with Gasteiger partial charge in [-0.2, -0.15) is 0 Å². The van der Waals surface area contributed by atoms with Gasteiger partial charge in [0.1, 0.15) is 5.03 Å². The van der Waals surface area contributed by atoms with Gasteiger partial charge >= 0.3 is 0 Å². The van der Waals surface area contributed by atoms with Gasteiger partial charge in [0.2, 0.25) is 0 Å². The predicted octanol–water partition coefficient (Wildman–Crippen LogP) is 4.91. The van der Waals surface area contributed by atoms with E-state index < -0.39 is 0 Å². The number of nitrogens with zero attached hydrogens (tertiary/aromatic N) is 2. The summed E-state index contributed by atoms with van der Waals surface area (Å²) in [4.78, 5) is 10.2. The zero-order valence-electron chi connectivity index (χ0n) is 12.9. The first-order valence-electron chi connectivity index (χ1n) is 7.70. The Labute approximate surface area is 128 Å². The lowest BCUT2D eigenvalue weighted by Gasteiger charge is -2.18. The summed E-state index contributed by atoms with van der Waals surface area (Å²) in [6.45, 7) is 0. The average molecular weight is 288 g/mol. The molecule has 5 rings (SSSR count). The van der Waals surface area contributed by atoms with Gasteiger partial charge in [-0.1, -0.05) is 42.1 Å². The fourth-order valence-electron chi connectivity index (χ4n) is 2.81. The van der Waals surface area contributed by atoms with Crippen LogP contribution in [0.5, 0.6) is 0 Å². The molecule has 2 nitrogen and oxygen atoms in total. The Morgan fingerprint density at radius 1 is 1.00 bits per heavy atom. The van der Waals surface area contributed by atoms with Gasteiger partial charge in [-0.3, -0.25) is 4.98 Å². The Bertz CT molecular complexity index is 1120. The third kappa shape index (κ3) is 1.55. The first-order valence-corrected chi connectivity index (χ1v) is 7.52. The molecule has 0 fully saturated rings. The summed E-state index contributed by atoms with van der Waals surface area (Å²) in [5.41, 5.74) is 2.67. The number of fused-ring (bicyclic) bond motifs is 3. The molecule has 0 bridgehead atoms. The van der Waals surface area contributed by atoms with Gasteiger partial charge in [0.15, 0.2) is 0 Å². The molecule has 1 aliphatic rings. The van der Waals surface area contributed by atoms with Crippen molar-refractivity contribution in [1.29, 1.82) is 0 Å². The molecule has 1 aliphatic heterocycles. The number of hydrogen-bond acceptors (Lipinski definition) is 3. The van der Waals surface area contributed by atoms with Crippen molar-refractivity contribution in [1.82, 2.24) is 9.97 Å². The normalized spacial score (nSPS) is 13.9.